The van der Waals surface area contributed by atoms with Gasteiger partial charge in [0, 0.05) is 25.8 Å². The van der Waals surface area contributed by atoms with Gasteiger partial charge in [-0.05, 0) is 18.2 Å². The molecular weight excluding hydrogens is 269 g/mol. The second kappa shape index (κ2) is 5.95. The maximum absolute atomic E-state index is 13.5. The average Bonchev–Trinajstić information content (AvgIpc) is 2.42. The Hall–Kier alpha value is -1.72. The third-order valence-electron chi connectivity index (χ3n) is 2.51. The number of aromatic nitrogens is 2. The van der Waals surface area contributed by atoms with Gasteiger partial charge in [-0.15, -0.1) is 0 Å². The van der Waals surface area contributed by atoms with Crippen LogP contribution in [-0.4, -0.2) is 24.1 Å². The molecule has 0 saturated carbocycles. The van der Waals surface area contributed by atoms with E-state index in [0.29, 0.717) is 29.5 Å². The molecule has 6 heteroatoms. The van der Waals surface area contributed by atoms with E-state index in [2.05, 4.69) is 15.3 Å². The van der Waals surface area contributed by atoms with E-state index in [1.54, 1.807) is 26.3 Å². The number of hydrogen-bond acceptors (Lipinski definition) is 4. The van der Waals surface area contributed by atoms with E-state index >= 15 is 0 Å². The highest BCUT2D eigenvalue weighted by atomic mass is 35.5. The van der Waals surface area contributed by atoms with Crippen LogP contribution in [0.3, 0.4) is 0 Å². The standard InChI is InChI=1S/C13H13ClFN3O/c1-16-12-6-9(7-19-2)17-13(18-12)8-3-4-10(14)11(15)5-8/h3-6H,7H2,1-2H3,(H,16,17,18). The van der Waals surface area contributed by atoms with Gasteiger partial charge < -0.3 is 10.1 Å². The zero-order valence-corrected chi connectivity index (χ0v) is 11.3. The molecule has 0 spiro atoms. The SMILES string of the molecule is CNc1cc(COC)nc(-c2ccc(Cl)c(F)c2)n1. The van der Waals surface area contributed by atoms with Crippen molar-refractivity contribution in [2.45, 2.75) is 6.61 Å². The van der Waals surface area contributed by atoms with Crippen LogP contribution in [0.15, 0.2) is 24.3 Å². The van der Waals surface area contributed by atoms with Gasteiger partial charge in [-0.25, -0.2) is 14.4 Å². The molecule has 0 bridgehead atoms. The van der Waals surface area contributed by atoms with Gasteiger partial charge in [0.25, 0.3) is 0 Å². The summed E-state index contributed by atoms with van der Waals surface area (Å²) in [5, 5.41) is 3.01. The predicted octanol–water partition coefficient (Wildman–Crippen LogP) is 3.12. The lowest BCUT2D eigenvalue weighted by atomic mass is 10.2. The van der Waals surface area contributed by atoms with E-state index in [4.69, 9.17) is 16.3 Å². The Bertz CT molecular complexity index is 592. The van der Waals surface area contributed by atoms with E-state index in [-0.39, 0.29) is 5.02 Å². The van der Waals surface area contributed by atoms with Crippen LogP contribution in [0.5, 0.6) is 0 Å². The van der Waals surface area contributed by atoms with E-state index < -0.39 is 5.82 Å². The minimum absolute atomic E-state index is 0.0747. The first-order valence-corrected chi connectivity index (χ1v) is 6.02. The molecule has 0 aliphatic rings. The fourth-order valence-corrected chi connectivity index (χ4v) is 1.73. The van der Waals surface area contributed by atoms with Gasteiger partial charge >= 0.3 is 0 Å². The highest BCUT2D eigenvalue weighted by Crippen LogP contribution is 2.23. The monoisotopic (exact) mass is 281 g/mol. The minimum atomic E-state index is -0.495. The van der Waals surface area contributed by atoms with Gasteiger partial charge in [0.05, 0.1) is 17.3 Å². The first-order chi connectivity index (χ1) is 9.13. The van der Waals surface area contributed by atoms with Crippen LogP contribution in [0.2, 0.25) is 5.02 Å². The lowest BCUT2D eigenvalue weighted by Crippen LogP contribution is -2.02. The Balaban J connectivity index is 2.47. The van der Waals surface area contributed by atoms with Crippen LogP contribution >= 0.6 is 11.6 Å². The lowest BCUT2D eigenvalue weighted by molar-refractivity contribution is 0.181. The molecule has 2 rings (SSSR count). The first-order valence-electron chi connectivity index (χ1n) is 5.64. The normalized spacial score (nSPS) is 10.5. The molecule has 0 radical (unpaired) electrons. The molecule has 1 aromatic carbocycles. The molecule has 100 valence electrons. The van der Waals surface area contributed by atoms with E-state index in [1.165, 1.54) is 12.1 Å². The van der Waals surface area contributed by atoms with Crippen molar-refractivity contribution in [3.8, 4) is 11.4 Å². The third kappa shape index (κ3) is 3.19. The molecule has 4 nitrogen and oxygen atoms in total. The van der Waals surface area contributed by atoms with E-state index in [9.17, 15) is 4.39 Å². The minimum Gasteiger partial charge on any atom is -0.378 e. The highest BCUT2D eigenvalue weighted by Gasteiger charge is 2.09. The second-order valence-electron chi connectivity index (χ2n) is 3.88. The summed E-state index contributed by atoms with van der Waals surface area (Å²) in [5.74, 6) is 0.577. The van der Waals surface area contributed by atoms with Gasteiger partial charge in [0.15, 0.2) is 5.82 Å². The lowest BCUT2D eigenvalue weighted by Gasteiger charge is -2.08. The maximum atomic E-state index is 13.5. The quantitative estimate of drug-likeness (QED) is 0.935. The number of halogens is 2. The number of nitrogens with zero attached hydrogens (tertiary/aromatic N) is 2. The zero-order valence-electron chi connectivity index (χ0n) is 10.6. The largest absolute Gasteiger partial charge is 0.378 e. The Labute approximate surface area is 115 Å². The van der Waals surface area contributed by atoms with Crippen LogP contribution in [0.4, 0.5) is 10.2 Å². The van der Waals surface area contributed by atoms with Crippen LogP contribution in [0.25, 0.3) is 11.4 Å². The zero-order chi connectivity index (χ0) is 13.8. The Kier molecular flexibility index (Phi) is 4.29. The average molecular weight is 282 g/mol. The van der Waals surface area contributed by atoms with Crippen LogP contribution in [0, 0.1) is 5.82 Å². The molecular formula is C13H13ClFN3O. The van der Waals surface area contributed by atoms with Gasteiger partial charge in [0.2, 0.25) is 0 Å². The molecule has 0 aliphatic heterocycles. The van der Waals surface area contributed by atoms with Gasteiger partial charge in [-0.2, -0.15) is 0 Å². The Morgan fingerprint density at radius 1 is 1.32 bits per heavy atom. The van der Waals surface area contributed by atoms with E-state index in [0.717, 1.165) is 0 Å². The maximum Gasteiger partial charge on any atom is 0.161 e. The van der Waals surface area contributed by atoms with Gasteiger partial charge in [-0.1, -0.05) is 11.6 Å². The molecule has 1 aromatic heterocycles. The molecule has 0 aliphatic carbocycles. The molecule has 0 saturated heterocycles. The highest BCUT2D eigenvalue weighted by molar-refractivity contribution is 6.30. The summed E-state index contributed by atoms with van der Waals surface area (Å²) >= 11 is 5.66. The summed E-state index contributed by atoms with van der Waals surface area (Å²) in [6.07, 6.45) is 0. The molecule has 0 atom stereocenters. The van der Waals surface area contributed by atoms with Crippen LogP contribution < -0.4 is 5.32 Å². The number of hydrogen-bond donors (Lipinski definition) is 1. The van der Waals surface area contributed by atoms with Crippen molar-refractivity contribution in [2.24, 2.45) is 0 Å². The second-order valence-corrected chi connectivity index (χ2v) is 4.29. The summed E-state index contributed by atoms with van der Waals surface area (Å²) in [6.45, 7) is 0.361. The van der Waals surface area contributed by atoms with Crippen molar-refractivity contribution < 1.29 is 9.13 Å². The van der Waals surface area contributed by atoms with Crippen molar-refractivity contribution in [1.29, 1.82) is 0 Å². The molecule has 19 heavy (non-hydrogen) atoms. The van der Waals surface area contributed by atoms with Crippen molar-refractivity contribution in [3.05, 3.63) is 40.8 Å². The first kappa shape index (κ1) is 13.7. The Morgan fingerprint density at radius 3 is 2.74 bits per heavy atom. The van der Waals surface area contributed by atoms with Gasteiger partial charge in [-0.3, -0.25) is 0 Å². The smallest absolute Gasteiger partial charge is 0.161 e. The van der Waals surface area contributed by atoms with Crippen LogP contribution in [0.1, 0.15) is 5.69 Å². The molecule has 0 unspecified atom stereocenters. The third-order valence-corrected chi connectivity index (χ3v) is 2.81. The number of anilines is 1. The number of rotatable bonds is 4. The molecule has 2 aromatic rings. The summed E-state index contributed by atoms with van der Waals surface area (Å²) in [7, 11) is 3.34. The van der Waals surface area contributed by atoms with Crippen molar-refractivity contribution in [3.63, 3.8) is 0 Å². The van der Waals surface area contributed by atoms with Gasteiger partial charge in [0.1, 0.15) is 11.6 Å². The predicted molar refractivity (Wildman–Crippen MR) is 72.7 cm³/mol. The van der Waals surface area contributed by atoms with Crippen LogP contribution in [-0.2, 0) is 11.3 Å². The van der Waals surface area contributed by atoms with E-state index in [1.807, 2.05) is 0 Å². The van der Waals surface area contributed by atoms with Crippen molar-refractivity contribution in [1.82, 2.24) is 9.97 Å². The molecule has 1 heterocycles. The summed E-state index contributed by atoms with van der Waals surface area (Å²) in [5.41, 5.74) is 1.28. The molecule has 1 N–H and O–H groups in total. The summed E-state index contributed by atoms with van der Waals surface area (Å²) in [6, 6.07) is 6.25. The molecule has 0 fully saturated rings. The number of methoxy groups -OCH3 is 1. The Morgan fingerprint density at radius 2 is 2.11 bits per heavy atom. The fourth-order valence-electron chi connectivity index (χ4n) is 1.61. The molecule has 0 amide bonds. The van der Waals surface area contributed by atoms with Crippen molar-refractivity contribution >= 4 is 17.4 Å². The summed E-state index contributed by atoms with van der Waals surface area (Å²) in [4.78, 5) is 8.61. The topological polar surface area (TPSA) is 47.0 Å². The number of nitrogens with one attached hydrogen (secondary N) is 1. The fraction of sp³-hybridized carbons (Fsp3) is 0.231. The summed E-state index contributed by atoms with van der Waals surface area (Å²) < 4.78 is 18.5. The van der Waals surface area contributed by atoms with Crippen molar-refractivity contribution in [2.75, 3.05) is 19.5 Å². The number of ether oxygens (including phenoxy) is 1. The number of benzene rings is 1.